The van der Waals surface area contributed by atoms with Crippen LogP contribution in [0.4, 0.5) is 0 Å². The molecule has 0 fully saturated rings. The average molecular weight is 451 g/mol. The van der Waals surface area contributed by atoms with Crippen molar-refractivity contribution in [3.63, 3.8) is 0 Å². The molecule has 7 rings (SSSR count). The molecular formula is C30H18N4O. The molecule has 0 unspecified atom stereocenters. The highest BCUT2D eigenvalue weighted by atomic mass is 16.3. The fourth-order valence-corrected chi connectivity index (χ4v) is 4.64. The molecule has 0 saturated carbocycles. The number of hydrogen-bond donors (Lipinski definition) is 1. The van der Waals surface area contributed by atoms with Gasteiger partial charge in [0.25, 0.3) is 0 Å². The van der Waals surface area contributed by atoms with Gasteiger partial charge in [0.1, 0.15) is 5.75 Å². The largest absolute Gasteiger partial charge is 0.507 e. The van der Waals surface area contributed by atoms with E-state index in [1.54, 1.807) is 6.07 Å². The van der Waals surface area contributed by atoms with Crippen molar-refractivity contribution in [2.24, 2.45) is 20.0 Å². The number of aromatic hydroxyl groups is 1. The van der Waals surface area contributed by atoms with Crippen LogP contribution in [0.2, 0.25) is 0 Å². The quantitative estimate of drug-likeness (QED) is 0.572. The van der Waals surface area contributed by atoms with Gasteiger partial charge < -0.3 is 5.11 Å². The zero-order valence-corrected chi connectivity index (χ0v) is 18.6. The zero-order valence-electron chi connectivity index (χ0n) is 18.6. The monoisotopic (exact) mass is 450 g/mol. The maximum Gasteiger partial charge on any atom is 0.124 e. The van der Waals surface area contributed by atoms with Gasteiger partial charge in [-0.3, -0.25) is 0 Å². The molecule has 1 N–H and O–H groups in total. The number of hydrogen-bond acceptors (Lipinski definition) is 5. The summed E-state index contributed by atoms with van der Waals surface area (Å²) in [5.41, 5.74) is 8.10. The number of nitrogens with zero attached hydrogens (tertiary/aromatic N) is 4. The van der Waals surface area contributed by atoms with Gasteiger partial charge in [0.2, 0.25) is 0 Å². The van der Waals surface area contributed by atoms with E-state index in [2.05, 4.69) is 4.99 Å². The van der Waals surface area contributed by atoms with Gasteiger partial charge in [-0.15, -0.1) is 0 Å². The molecule has 0 saturated heterocycles. The predicted molar refractivity (Wildman–Crippen MR) is 143 cm³/mol. The fraction of sp³-hybridized carbons (Fsp3) is 0. The molecule has 0 radical (unpaired) electrons. The van der Waals surface area contributed by atoms with Crippen molar-refractivity contribution in [2.45, 2.75) is 0 Å². The van der Waals surface area contributed by atoms with Crippen LogP contribution in [0.25, 0.3) is 16.3 Å². The lowest BCUT2D eigenvalue weighted by molar-refractivity contribution is 0.474. The molecule has 5 aliphatic rings. The SMILES string of the molecule is Oc1ccc2ccccc2c1C1=CC2=NC1=CC1=NC(=CC3=NC(=CC4=NC(=C2)C=C4)C=C3)C=C1. The number of benzene rings is 2. The smallest absolute Gasteiger partial charge is 0.124 e. The molecule has 5 heteroatoms. The van der Waals surface area contributed by atoms with Crippen LogP contribution in [-0.4, -0.2) is 28.0 Å². The van der Waals surface area contributed by atoms with Crippen LogP contribution in [0.15, 0.2) is 146 Å². The van der Waals surface area contributed by atoms with Crippen LogP contribution in [0, 0.1) is 0 Å². The Morgan fingerprint density at radius 3 is 1.80 bits per heavy atom. The topological polar surface area (TPSA) is 69.7 Å². The van der Waals surface area contributed by atoms with Gasteiger partial charge in [0.05, 0.1) is 45.6 Å². The standard InChI is InChI=1S/C30H18N4O/c35-29-12-5-18-3-1-2-4-26(18)30(29)27-16-25-15-23-9-8-21(32-23)13-19-6-7-20(31-19)14-22-10-11-24(33-22)17-28(27)34-25/h1-17,35H. The lowest BCUT2D eigenvalue weighted by atomic mass is 9.95. The first-order valence-electron chi connectivity index (χ1n) is 11.4. The predicted octanol–water partition coefficient (Wildman–Crippen LogP) is 5.97. The van der Waals surface area contributed by atoms with E-state index in [1.165, 1.54) is 0 Å². The first-order chi connectivity index (χ1) is 17.2. The number of fused-ring (bicyclic) bond motifs is 5. The molecule has 2 aromatic carbocycles. The van der Waals surface area contributed by atoms with Crippen LogP contribution in [0.3, 0.4) is 0 Å². The second-order valence-corrected chi connectivity index (χ2v) is 8.62. The van der Waals surface area contributed by atoms with Gasteiger partial charge >= 0.3 is 0 Å². The third kappa shape index (κ3) is 3.50. The molecule has 0 spiro atoms. The molecule has 0 aliphatic carbocycles. The van der Waals surface area contributed by atoms with Gasteiger partial charge in [-0.2, -0.15) is 0 Å². The van der Waals surface area contributed by atoms with E-state index in [0.29, 0.717) is 0 Å². The van der Waals surface area contributed by atoms with E-state index in [0.717, 1.165) is 67.5 Å². The maximum absolute atomic E-state index is 10.9. The first-order valence-corrected chi connectivity index (χ1v) is 11.4. The zero-order chi connectivity index (χ0) is 23.4. The van der Waals surface area contributed by atoms with Gasteiger partial charge in [-0.25, -0.2) is 20.0 Å². The Labute approximate surface area is 201 Å². The van der Waals surface area contributed by atoms with Crippen LogP contribution in [0.5, 0.6) is 5.75 Å². The van der Waals surface area contributed by atoms with Crippen LogP contribution in [0.1, 0.15) is 5.56 Å². The van der Waals surface area contributed by atoms with Crippen LogP contribution >= 0.6 is 0 Å². The van der Waals surface area contributed by atoms with Gasteiger partial charge in [0.15, 0.2) is 0 Å². The summed E-state index contributed by atoms with van der Waals surface area (Å²) in [5.74, 6) is 0.217. The van der Waals surface area contributed by atoms with Gasteiger partial charge in [-0.05, 0) is 83.7 Å². The van der Waals surface area contributed by atoms with Crippen molar-refractivity contribution in [3.8, 4) is 5.75 Å². The Morgan fingerprint density at radius 1 is 0.514 bits per heavy atom. The summed E-state index contributed by atoms with van der Waals surface area (Å²) in [5, 5.41) is 12.9. The first kappa shape index (κ1) is 19.6. The molecule has 8 bridgehead atoms. The molecule has 164 valence electrons. The molecule has 35 heavy (non-hydrogen) atoms. The van der Waals surface area contributed by atoms with Crippen molar-refractivity contribution >= 4 is 39.2 Å². The third-order valence-corrected chi connectivity index (χ3v) is 6.22. The summed E-state index contributed by atoms with van der Waals surface area (Å²) >= 11 is 0. The summed E-state index contributed by atoms with van der Waals surface area (Å²) < 4.78 is 0. The van der Waals surface area contributed by atoms with Crippen LogP contribution < -0.4 is 0 Å². The van der Waals surface area contributed by atoms with E-state index < -0.39 is 0 Å². The van der Waals surface area contributed by atoms with E-state index in [9.17, 15) is 5.11 Å². The minimum atomic E-state index is 0.217. The summed E-state index contributed by atoms with van der Waals surface area (Å²) in [4.78, 5) is 19.0. The van der Waals surface area contributed by atoms with E-state index >= 15 is 0 Å². The third-order valence-electron chi connectivity index (χ3n) is 6.22. The number of phenols is 1. The van der Waals surface area contributed by atoms with Crippen LogP contribution in [-0.2, 0) is 0 Å². The second kappa shape index (κ2) is 7.57. The minimum Gasteiger partial charge on any atom is -0.507 e. The molecule has 5 aliphatic heterocycles. The van der Waals surface area contributed by atoms with Crippen molar-refractivity contribution in [3.05, 3.63) is 132 Å². The fourth-order valence-electron chi connectivity index (χ4n) is 4.64. The Morgan fingerprint density at radius 2 is 1.11 bits per heavy atom. The van der Waals surface area contributed by atoms with E-state index in [4.69, 9.17) is 15.0 Å². The van der Waals surface area contributed by atoms with Crippen molar-refractivity contribution in [1.82, 2.24) is 0 Å². The number of phenolic OH excluding ortho intramolecular Hbond substituents is 1. The highest BCUT2D eigenvalue weighted by Crippen LogP contribution is 2.40. The Hall–Kier alpha value is -4.90. The van der Waals surface area contributed by atoms with E-state index in [1.807, 2.05) is 97.2 Å². The maximum atomic E-state index is 10.9. The molecule has 0 atom stereocenters. The highest BCUT2D eigenvalue weighted by molar-refractivity contribution is 6.20. The molecule has 0 aromatic heterocycles. The normalized spacial score (nSPS) is 19.6. The molecule has 5 nitrogen and oxygen atoms in total. The van der Waals surface area contributed by atoms with Crippen molar-refractivity contribution < 1.29 is 5.11 Å². The van der Waals surface area contributed by atoms with Gasteiger partial charge in [0, 0.05) is 11.1 Å². The molecule has 2 aromatic rings. The van der Waals surface area contributed by atoms with Gasteiger partial charge in [-0.1, -0.05) is 30.3 Å². The summed E-state index contributed by atoms with van der Waals surface area (Å²) in [6.07, 6.45) is 21.7. The Balaban J connectivity index is 1.44. The number of allylic oxidation sites excluding steroid dienone is 12. The average Bonchev–Trinajstić information content (AvgIpc) is 3.65. The summed E-state index contributed by atoms with van der Waals surface area (Å²) in [6, 6.07) is 11.7. The summed E-state index contributed by atoms with van der Waals surface area (Å²) in [7, 11) is 0. The molecule has 5 heterocycles. The Kier molecular flexibility index (Phi) is 4.23. The van der Waals surface area contributed by atoms with Crippen molar-refractivity contribution in [2.75, 3.05) is 0 Å². The van der Waals surface area contributed by atoms with E-state index in [-0.39, 0.29) is 5.75 Å². The highest BCUT2D eigenvalue weighted by Gasteiger charge is 2.22. The summed E-state index contributed by atoms with van der Waals surface area (Å²) in [6.45, 7) is 0. The molecule has 0 amide bonds. The second-order valence-electron chi connectivity index (χ2n) is 8.62. The number of aliphatic imine (C=N–C) groups is 4. The van der Waals surface area contributed by atoms with Crippen molar-refractivity contribution in [1.29, 1.82) is 0 Å². The lowest BCUT2D eigenvalue weighted by Crippen LogP contribution is -1.92. The number of rotatable bonds is 1. The lowest BCUT2D eigenvalue weighted by Gasteiger charge is -2.11. The Bertz CT molecular complexity index is 1730. The molecular weight excluding hydrogens is 432 g/mol. The minimum absolute atomic E-state index is 0.217.